The molecule has 0 saturated heterocycles. The molecule has 0 heterocycles. The first-order chi connectivity index (χ1) is 8.17. The Morgan fingerprint density at radius 2 is 1.71 bits per heavy atom. The normalized spacial score (nSPS) is 12.4. The summed E-state index contributed by atoms with van der Waals surface area (Å²) in [4.78, 5) is 2.07. The van der Waals surface area contributed by atoms with E-state index in [0.29, 0.717) is 11.6 Å². The van der Waals surface area contributed by atoms with Crippen LogP contribution in [0.1, 0.15) is 11.7 Å². The number of aliphatic hydroxyl groups is 1. The van der Waals surface area contributed by atoms with E-state index >= 15 is 0 Å². The van der Waals surface area contributed by atoms with Gasteiger partial charge in [-0.3, -0.25) is 4.90 Å². The number of hydrogen-bond donors (Lipinski definition) is 1. The van der Waals surface area contributed by atoms with Gasteiger partial charge in [-0.15, -0.1) is 13.2 Å². The van der Waals surface area contributed by atoms with Crippen molar-refractivity contribution in [1.29, 1.82) is 0 Å². The number of rotatable bonds is 7. The third kappa shape index (κ3) is 4.73. The molecule has 0 fully saturated rings. The second-order valence-corrected chi connectivity index (χ2v) is 4.30. The van der Waals surface area contributed by atoms with Crippen molar-refractivity contribution in [3.8, 4) is 0 Å². The van der Waals surface area contributed by atoms with Gasteiger partial charge in [-0.2, -0.15) is 0 Å². The van der Waals surface area contributed by atoms with Gasteiger partial charge in [0.25, 0.3) is 0 Å². The smallest absolute Gasteiger partial charge is 0.0917 e. The molecular weight excluding hydrogens is 234 g/mol. The topological polar surface area (TPSA) is 23.5 Å². The maximum Gasteiger partial charge on any atom is 0.0917 e. The van der Waals surface area contributed by atoms with Gasteiger partial charge in [0, 0.05) is 24.7 Å². The monoisotopic (exact) mass is 251 g/mol. The lowest BCUT2D eigenvalue weighted by Crippen LogP contribution is -2.29. The highest BCUT2D eigenvalue weighted by Gasteiger charge is 2.11. The highest BCUT2D eigenvalue weighted by molar-refractivity contribution is 6.30. The van der Waals surface area contributed by atoms with Gasteiger partial charge in [0.2, 0.25) is 0 Å². The summed E-state index contributed by atoms with van der Waals surface area (Å²) >= 11 is 5.80. The van der Waals surface area contributed by atoms with Gasteiger partial charge in [-0.05, 0) is 17.7 Å². The zero-order valence-electron chi connectivity index (χ0n) is 9.85. The van der Waals surface area contributed by atoms with E-state index in [0.717, 1.165) is 18.7 Å². The molecule has 17 heavy (non-hydrogen) atoms. The molecule has 0 amide bonds. The molecule has 1 atom stereocenters. The first kappa shape index (κ1) is 14.0. The molecule has 1 aromatic carbocycles. The lowest BCUT2D eigenvalue weighted by Gasteiger charge is -2.22. The molecule has 0 spiro atoms. The van der Waals surface area contributed by atoms with E-state index in [1.807, 2.05) is 24.3 Å². The average Bonchev–Trinajstić information content (AvgIpc) is 2.30. The van der Waals surface area contributed by atoms with E-state index in [2.05, 4.69) is 18.1 Å². The number of halogens is 1. The predicted molar refractivity (Wildman–Crippen MR) is 73.2 cm³/mol. The van der Waals surface area contributed by atoms with Gasteiger partial charge in [0.05, 0.1) is 6.10 Å². The van der Waals surface area contributed by atoms with Gasteiger partial charge >= 0.3 is 0 Å². The Morgan fingerprint density at radius 3 is 2.18 bits per heavy atom. The van der Waals surface area contributed by atoms with Gasteiger partial charge in [-0.1, -0.05) is 35.9 Å². The standard InChI is InChI=1S/C14H18ClNO/c1-3-9-16(10-4-2)11-14(17)12-5-7-13(15)8-6-12/h3-8,14,17H,1-2,9-11H2. The van der Waals surface area contributed by atoms with Crippen molar-refractivity contribution in [2.24, 2.45) is 0 Å². The summed E-state index contributed by atoms with van der Waals surface area (Å²) in [6.07, 6.45) is 3.11. The van der Waals surface area contributed by atoms with Gasteiger partial charge in [-0.25, -0.2) is 0 Å². The molecule has 0 saturated carbocycles. The first-order valence-electron chi connectivity index (χ1n) is 5.55. The Labute approximate surface area is 108 Å². The fourth-order valence-corrected chi connectivity index (χ4v) is 1.75. The molecule has 0 aliphatic rings. The number of nitrogens with zero attached hydrogens (tertiary/aromatic N) is 1. The first-order valence-corrected chi connectivity index (χ1v) is 5.93. The molecule has 0 aliphatic heterocycles. The largest absolute Gasteiger partial charge is 0.387 e. The van der Waals surface area contributed by atoms with E-state index < -0.39 is 6.10 Å². The van der Waals surface area contributed by atoms with Crippen LogP contribution >= 0.6 is 11.6 Å². The minimum absolute atomic E-state index is 0.521. The van der Waals surface area contributed by atoms with E-state index in [-0.39, 0.29) is 0 Å². The van der Waals surface area contributed by atoms with E-state index in [1.54, 1.807) is 12.1 Å². The minimum atomic E-state index is -0.521. The van der Waals surface area contributed by atoms with Crippen LogP contribution < -0.4 is 0 Å². The summed E-state index contributed by atoms with van der Waals surface area (Å²) in [5.41, 5.74) is 0.868. The van der Waals surface area contributed by atoms with Crippen molar-refractivity contribution < 1.29 is 5.11 Å². The summed E-state index contributed by atoms with van der Waals surface area (Å²) in [6.45, 7) is 9.42. The van der Waals surface area contributed by atoms with Crippen molar-refractivity contribution >= 4 is 11.6 Å². The van der Waals surface area contributed by atoms with Gasteiger partial charge in [0.1, 0.15) is 0 Å². The maximum absolute atomic E-state index is 10.1. The quantitative estimate of drug-likeness (QED) is 0.753. The summed E-state index contributed by atoms with van der Waals surface area (Å²) in [7, 11) is 0. The van der Waals surface area contributed by atoms with E-state index in [9.17, 15) is 5.11 Å². The van der Waals surface area contributed by atoms with E-state index in [4.69, 9.17) is 11.6 Å². The third-order valence-electron chi connectivity index (χ3n) is 2.46. The van der Waals surface area contributed by atoms with Crippen molar-refractivity contribution in [3.63, 3.8) is 0 Å². The molecule has 2 nitrogen and oxygen atoms in total. The zero-order valence-corrected chi connectivity index (χ0v) is 10.6. The molecule has 0 aromatic heterocycles. The molecule has 0 bridgehead atoms. The maximum atomic E-state index is 10.1. The van der Waals surface area contributed by atoms with Crippen LogP contribution in [0.25, 0.3) is 0 Å². The van der Waals surface area contributed by atoms with E-state index in [1.165, 1.54) is 0 Å². The fourth-order valence-electron chi connectivity index (χ4n) is 1.62. The van der Waals surface area contributed by atoms with Gasteiger partial charge in [0.15, 0.2) is 0 Å². The van der Waals surface area contributed by atoms with Crippen molar-refractivity contribution in [2.45, 2.75) is 6.10 Å². The van der Waals surface area contributed by atoms with Crippen LogP contribution in [0, 0.1) is 0 Å². The molecule has 1 aromatic rings. The lowest BCUT2D eigenvalue weighted by atomic mass is 10.1. The Hall–Kier alpha value is -1.09. The number of aliphatic hydroxyl groups excluding tert-OH is 1. The van der Waals surface area contributed by atoms with Crippen LogP contribution in [-0.2, 0) is 0 Å². The van der Waals surface area contributed by atoms with Crippen LogP contribution in [-0.4, -0.2) is 29.6 Å². The molecule has 1 rings (SSSR count). The lowest BCUT2D eigenvalue weighted by molar-refractivity contribution is 0.125. The molecular formula is C14H18ClNO. The van der Waals surface area contributed by atoms with Crippen LogP contribution in [0.15, 0.2) is 49.6 Å². The summed E-state index contributed by atoms with van der Waals surface area (Å²) in [5.74, 6) is 0. The Kier molecular flexibility index (Phi) is 5.98. The van der Waals surface area contributed by atoms with Crippen LogP contribution in [0.3, 0.4) is 0 Å². The molecule has 1 unspecified atom stereocenters. The highest BCUT2D eigenvalue weighted by atomic mass is 35.5. The zero-order chi connectivity index (χ0) is 12.7. The third-order valence-corrected chi connectivity index (χ3v) is 2.71. The van der Waals surface area contributed by atoms with Crippen LogP contribution in [0.5, 0.6) is 0 Å². The average molecular weight is 252 g/mol. The van der Waals surface area contributed by atoms with Crippen molar-refractivity contribution in [1.82, 2.24) is 4.90 Å². The van der Waals surface area contributed by atoms with Crippen molar-refractivity contribution in [2.75, 3.05) is 19.6 Å². The number of benzene rings is 1. The molecule has 92 valence electrons. The molecule has 3 heteroatoms. The molecule has 1 N–H and O–H groups in total. The Morgan fingerprint density at radius 1 is 1.18 bits per heavy atom. The summed E-state index contributed by atoms with van der Waals surface area (Å²) in [5, 5.41) is 10.8. The summed E-state index contributed by atoms with van der Waals surface area (Å²) in [6, 6.07) is 7.25. The number of hydrogen-bond acceptors (Lipinski definition) is 2. The van der Waals surface area contributed by atoms with Crippen LogP contribution in [0.2, 0.25) is 5.02 Å². The van der Waals surface area contributed by atoms with Crippen molar-refractivity contribution in [3.05, 3.63) is 60.2 Å². The fraction of sp³-hybridized carbons (Fsp3) is 0.286. The predicted octanol–water partition coefficient (Wildman–Crippen LogP) is 3.05. The second-order valence-electron chi connectivity index (χ2n) is 3.86. The minimum Gasteiger partial charge on any atom is -0.387 e. The molecule has 0 radical (unpaired) electrons. The van der Waals surface area contributed by atoms with Crippen LogP contribution in [0.4, 0.5) is 0 Å². The SMILES string of the molecule is C=CCN(CC=C)CC(O)c1ccc(Cl)cc1. The van der Waals surface area contributed by atoms with Gasteiger partial charge < -0.3 is 5.11 Å². The highest BCUT2D eigenvalue weighted by Crippen LogP contribution is 2.17. The summed E-state index contributed by atoms with van der Waals surface area (Å²) < 4.78 is 0. The second kappa shape index (κ2) is 7.28. The Balaban J connectivity index is 2.62. The molecule has 0 aliphatic carbocycles. The Bertz CT molecular complexity index is 351.